The van der Waals surface area contributed by atoms with Gasteiger partial charge in [-0.2, -0.15) is 0 Å². The van der Waals surface area contributed by atoms with Gasteiger partial charge in [-0.15, -0.1) is 0 Å². The number of hydrogen-bond acceptors (Lipinski definition) is 4. The average molecular weight is 445 g/mol. The van der Waals surface area contributed by atoms with Gasteiger partial charge in [-0.1, -0.05) is 39.3 Å². The molecule has 0 amide bonds. The molecule has 8 atom stereocenters. The van der Waals surface area contributed by atoms with Crippen LogP contribution in [-0.2, 0) is 19.1 Å². The van der Waals surface area contributed by atoms with Crippen LogP contribution in [0.15, 0.2) is 11.6 Å². The molecule has 0 saturated heterocycles. The van der Waals surface area contributed by atoms with Crippen molar-refractivity contribution in [1.82, 2.24) is 0 Å². The lowest BCUT2D eigenvalue weighted by atomic mass is 9.47. The molecule has 4 unspecified atom stereocenters. The summed E-state index contributed by atoms with van der Waals surface area (Å²) in [6.45, 7) is 11.5. The molecule has 4 aliphatic carbocycles. The standard InChI is InChI=1S/C28H44O4/c1-6-7-26(30)31-17-18(2)23-10-11-24-22-9-8-20-16-21(32-19(3)29)12-14-27(20,4)25(22)13-15-28(23,24)5/h9,18,20-21,23-25H,6-8,10-17H2,1-5H3/t18-,20?,21+,23?,24?,25?,27+,28-/m1/s1. The molecule has 32 heavy (non-hydrogen) atoms. The monoisotopic (exact) mass is 444 g/mol. The third-order valence-electron chi connectivity index (χ3n) is 10.1. The van der Waals surface area contributed by atoms with E-state index in [-0.39, 0.29) is 18.0 Å². The topological polar surface area (TPSA) is 52.6 Å². The summed E-state index contributed by atoms with van der Waals surface area (Å²) in [6.07, 6.45) is 13.6. The molecular formula is C28H44O4. The fourth-order valence-corrected chi connectivity index (χ4v) is 8.41. The molecule has 0 heterocycles. The molecule has 180 valence electrons. The minimum atomic E-state index is -0.134. The van der Waals surface area contributed by atoms with E-state index in [2.05, 4.69) is 26.8 Å². The van der Waals surface area contributed by atoms with Gasteiger partial charge < -0.3 is 9.47 Å². The first kappa shape index (κ1) is 23.8. The number of ether oxygens (including phenoxy) is 2. The Kier molecular flexibility index (Phi) is 6.81. The van der Waals surface area contributed by atoms with Gasteiger partial charge in [0.05, 0.1) is 6.61 Å². The molecule has 0 N–H and O–H groups in total. The maximum atomic E-state index is 11.9. The van der Waals surface area contributed by atoms with Crippen molar-refractivity contribution in [2.45, 2.75) is 105 Å². The summed E-state index contributed by atoms with van der Waals surface area (Å²) >= 11 is 0. The van der Waals surface area contributed by atoms with Crippen molar-refractivity contribution in [2.24, 2.45) is 40.4 Å². The second-order valence-corrected chi connectivity index (χ2v) is 11.9. The van der Waals surface area contributed by atoms with E-state index in [1.54, 1.807) is 5.57 Å². The molecule has 0 radical (unpaired) electrons. The van der Waals surface area contributed by atoms with Crippen LogP contribution in [0.4, 0.5) is 0 Å². The van der Waals surface area contributed by atoms with Crippen molar-refractivity contribution >= 4 is 11.9 Å². The lowest BCUT2D eigenvalue weighted by Gasteiger charge is -2.58. The number of rotatable bonds is 6. The molecule has 4 aliphatic rings. The Balaban J connectivity index is 1.46. The van der Waals surface area contributed by atoms with E-state index >= 15 is 0 Å². The Labute approximate surface area is 194 Å². The molecule has 4 nitrogen and oxygen atoms in total. The number of allylic oxidation sites excluding steroid dienone is 2. The molecule has 0 aromatic rings. The molecule has 0 aromatic heterocycles. The Hall–Kier alpha value is -1.32. The number of carbonyl (C=O) groups is 2. The van der Waals surface area contributed by atoms with Gasteiger partial charge >= 0.3 is 11.9 Å². The smallest absolute Gasteiger partial charge is 0.305 e. The number of hydrogen-bond donors (Lipinski definition) is 0. The maximum absolute atomic E-state index is 11.9. The van der Waals surface area contributed by atoms with Crippen LogP contribution in [-0.4, -0.2) is 24.6 Å². The summed E-state index contributed by atoms with van der Waals surface area (Å²) in [7, 11) is 0. The van der Waals surface area contributed by atoms with Gasteiger partial charge in [0.15, 0.2) is 0 Å². The molecule has 0 bridgehead atoms. The molecular weight excluding hydrogens is 400 g/mol. The predicted molar refractivity (Wildman–Crippen MR) is 126 cm³/mol. The highest BCUT2D eigenvalue weighted by Crippen LogP contribution is 2.66. The van der Waals surface area contributed by atoms with Gasteiger partial charge in [0.2, 0.25) is 0 Å². The van der Waals surface area contributed by atoms with Crippen molar-refractivity contribution in [3.05, 3.63) is 11.6 Å². The third-order valence-corrected chi connectivity index (χ3v) is 10.1. The normalized spacial score (nSPS) is 41.5. The minimum absolute atomic E-state index is 0.0407. The second-order valence-electron chi connectivity index (χ2n) is 11.9. The van der Waals surface area contributed by atoms with Crippen LogP contribution in [0.25, 0.3) is 0 Å². The summed E-state index contributed by atoms with van der Waals surface area (Å²) in [5.41, 5.74) is 2.43. The molecule has 0 aromatic carbocycles. The SMILES string of the molecule is CCCC(=O)OC[C@@H](C)C1CCC2C3=CCC4C[C@@H](OC(C)=O)CC[C@]4(C)C3CC[C@@]21C. The Morgan fingerprint density at radius 2 is 1.81 bits per heavy atom. The highest BCUT2D eigenvalue weighted by molar-refractivity contribution is 5.69. The van der Waals surface area contributed by atoms with Crippen LogP contribution in [0, 0.1) is 40.4 Å². The quantitative estimate of drug-likeness (QED) is 0.348. The summed E-state index contributed by atoms with van der Waals surface area (Å²) in [4.78, 5) is 23.4. The molecule has 0 aliphatic heterocycles. The Bertz CT molecular complexity index is 757. The van der Waals surface area contributed by atoms with E-state index in [1.807, 2.05) is 6.92 Å². The highest BCUT2D eigenvalue weighted by atomic mass is 16.5. The van der Waals surface area contributed by atoms with Crippen LogP contribution in [0.1, 0.15) is 98.8 Å². The van der Waals surface area contributed by atoms with E-state index < -0.39 is 0 Å². The van der Waals surface area contributed by atoms with Crippen molar-refractivity contribution < 1.29 is 19.1 Å². The second kappa shape index (κ2) is 9.14. The van der Waals surface area contributed by atoms with Gasteiger partial charge in [-0.3, -0.25) is 9.59 Å². The van der Waals surface area contributed by atoms with Crippen LogP contribution < -0.4 is 0 Å². The molecule has 3 fully saturated rings. The fraction of sp³-hybridized carbons (Fsp3) is 0.857. The Morgan fingerprint density at radius 3 is 2.53 bits per heavy atom. The summed E-state index contributed by atoms with van der Waals surface area (Å²) in [5.74, 6) is 2.89. The maximum Gasteiger partial charge on any atom is 0.305 e. The zero-order chi connectivity index (χ0) is 23.1. The number of carbonyl (C=O) groups excluding carboxylic acids is 2. The van der Waals surface area contributed by atoms with E-state index in [0.717, 1.165) is 25.7 Å². The number of fused-ring (bicyclic) bond motifs is 5. The van der Waals surface area contributed by atoms with E-state index in [1.165, 1.54) is 39.0 Å². The van der Waals surface area contributed by atoms with E-state index in [4.69, 9.17) is 9.47 Å². The summed E-state index contributed by atoms with van der Waals surface area (Å²) in [6, 6.07) is 0. The predicted octanol–water partition coefficient (Wildman–Crippen LogP) is 6.48. The minimum Gasteiger partial charge on any atom is -0.465 e. The fourth-order valence-electron chi connectivity index (χ4n) is 8.41. The van der Waals surface area contributed by atoms with Crippen LogP contribution in [0.3, 0.4) is 0 Å². The van der Waals surface area contributed by atoms with Crippen molar-refractivity contribution in [3.63, 3.8) is 0 Å². The van der Waals surface area contributed by atoms with E-state index in [9.17, 15) is 9.59 Å². The zero-order valence-corrected chi connectivity index (χ0v) is 21.0. The molecule has 4 heteroatoms. The van der Waals surface area contributed by atoms with Crippen LogP contribution in [0.2, 0.25) is 0 Å². The first-order valence-corrected chi connectivity index (χ1v) is 13.2. The molecule has 0 spiro atoms. The average Bonchev–Trinajstić information content (AvgIpc) is 3.09. The Morgan fingerprint density at radius 1 is 1.09 bits per heavy atom. The van der Waals surface area contributed by atoms with Crippen molar-refractivity contribution in [2.75, 3.05) is 6.61 Å². The van der Waals surface area contributed by atoms with Gasteiger partial charge in [-0.25, -0.2) is 0 Å². The third kappa shape index (κ3) is 4.16. The molecule has 4 rings (SSSR count). The summed E-state index contributed by atoms with van der Waals surface area (Å²) in [5, 5.41) is 0. The lowest BCUT2D eigenvalue weighted by Crippen LogP contribution is -2.50. The van der Waals surface area contributed by atoms with Gasteiger partial charge in [0.25, 0.3) is 0 Å². The van der Waals surface area contributed by atoms with Crippen LogP contribution >= 0.6 is 0 Å². The number of esters is 2. The largest absolute Gasteiger partial charge is 0.465 e. The highest BCUT2D eigenvalue weighted by Gasteiger charge is 2.58. The first-order chi connectivity index (χ1) is 15.2. The van der Waals surface area contributed by atoms with Crippen LogP contribution in [0.5, 0.6) is 0 Å². The lowest BCUT2D eigenvalue weighted by molar-refractivity contribution is -0.152. The first-order valence-electron chi connectivity index (χ1n) is 13.2. The van der Waals surface area contributed by atoms with Gasteiger partial charge in [-0.05, 0) is 98.2 Å². The van der Waals surface area contributed by atoms with Gasteiger partial charge in [0.1, 0.15) is 6.10 Å². The zero-order valence-electron chi connectivity index (χ0n) is 21.0. The van der Waals surface area contributed by atoms with E-state index in [0.29, 0.717) is 53.4 Å². The van der Waals surface area contributed by atoms with Crippen molar-refractivity contribution in [3.8, 4) is 0 Å². The molecule has 3 saturated carbocycles. The van der Waals surface area contributed by atoms with Gasteiger partial charge in [0, 0.05) is 13.3 Å². The summed E-state index contributed by atoms with van der Waals surface area (Å²) < 4.78 is 11.2. The van der Waals surface area contributed by atoms with Crippen molar-refractivity contribution in [1.29, 1.82) is 0 Å².